The predicted octanol–water partition coefficient (Wildman–Crippen LogP) is 2.58. The minimum Gasteiger partial charge on any atom is -0.493 e. The van der Waals surface area contributed by atoms with Gasteiger partial charge in [-0.1, -0.05) is 6.07 Å². The molecule has 0 amide bonds. The fourth-order valence-corrected chi connectivity index (χ4v) is 2.55. The molecular formula is C12H17N3OS. The van der Waals surface area contributed by atoms with Gasteiger partial charge in [0.1, 0.15) is 5.69 Å². The van der Waals surface area contributed by atoms with Crippen LogP contribution in [0.5, 0.6) is 5.75 Å². The van der Waals surface area contributed by atoms with Gasteiger partial charge in [0.15, 0.2) is 5.75 Å². The van der Waals surface area contributed by atoms with Crippen LogP contribution in [0.25, 0.3) is 0 Å². The first-order valence-electron chi connectivity index (χ1n) is 5.55. The normalized spacial score (nSPS) is 13.0. The zero-order valence-electron chi connectivity index (χ0n) is 10.3. The highest BCUT2D eigenvalue weighted by Crippen LogP contribution is 2.31. The Kier molecular flexibility index (Phi) is 3.49. The number of nitrogens with two attached hydrogens (primary N) is 1. The van der Waals surface area contributed by atoms with Crippen molar-refractivity contribution in [3.8, 4) is 5.75 Å². The molecule has 5 heteroatoms. The van der Waals surface area contributed by atoms with Gasteiger partial charge in [0, 0.05) is 10.9 Å². The standard InChI is InChI=1S/C12H17N3OS/c1-8(2)15-12(9(16-3)7-14-15)11(13)10-5-4-6-17-10/h4-8,11H,13H2,1-3H3. The molecule has 1 unspecified atom stereocenters. The summed E-state index contributed by atoms with van der Waals surface area (Å²) in [6, 6.07) is 4.12. The Labute approximate surface area is 105 Å². The van der Waals surface area contributed by atoms with Gasteiger partial charge in [-0.3, -0.25) is 4.68 Å². The molecule has 0 bridgehead atoms. The van der Waals surface area contributed by atoms with E-state index < -0.39 is 0 Å². The summed E-state index contributed by atoms with van der Waals surface area (Å²) in [5.41, 5.74) is 7.22. The minimum absolute atomic E-state index is 0.185. The SMILES string of the molecule is COc1cnn(C(C)C)c1C(N)c1cccs1. The third-order valence-corrected chi connectivity index (χ3v) is 3.61. The maximum absolute atomic E-state index is 6.29. The van der Waals surface area contributed by atoms with Gasteiger partial charge in [-0.05, 0) is 25.3 Å². The number of hydrogen-bond donors (Lipinski definition) is 1. The average molecular weight is 251 g/mol. The third kappa shape index (κ3) is 2.21. The molecule has 0 aromatic carbocycles. The van der Waals surface area contributed by atoms with Gasteiger partial charge < -0.3 is 10.5 Å². The molecule has 0 aliphatic rings. The molecule has 17 heavy (non-hydrogen) atoms. The highest BCUT2D eigenvalue weighted by atomic mass is 32.1. The number of nitrogens with zero attached hydrogens (tertiary/aromatic N) is 2. The minimum atomic E-state index is -0.185. The summed E-state index contributed by atoms with van der Waals surface area (Å²) in [7, 11) is 1.65. The van der Waals surface area contributed by atoms with Crippen molar-refractivity contribution in [2.75, 3.05) is 7.11 Å². The van der Waals surface area contributed by atoms with Crippen molar-refractivity contribution in [2.24, 2.45) is 5.73 Å². The lowest BCUT2D eigenvalue weighted by Crippen LogP contribution is -2.18. The molecule has 1 atom stereocenters. The Balaban J connectivity index is 2.45. The van der Waals surface area contributed by atoms with E-state index in [-0.39, 0.29) is 12.1 Å². The molecule has 0 aliphatic heterocycles. The first-order valence-corrected chi connectivity index (χ1v) is 6.43. The van der Waals surface area contributed by atoms with Crippen LogP contribution in [0.1, 0.15) is 36.5 Å². The molecule has 0 fully saturated rings. The van der Waals surface area contributed by atoms with E-state index in [1.165, 1.54) is 0 Å². The highest BCUT2D eigenvalue weighted by molar-refractivity contribution is 7.10. The predicted molar refractivity (Wildman–Crippen MR) is 69.5 cm³/mol. The summed E-state index contributed by atoms with van der Waals surface area (Å²) in [5.74, 6) is 0.750. The van der Waals surface area contributed by atoms with Gasteiger partial charge in [0.25, 0.3) is 0 Å². The lowest BCUT2D eigenvalue weighted by Gasteiger charge is -2.16. The molecule has 2 rings (SSSR count). The van der Waals surface area contributed by atoms with Crippen molar-refractivity contribution in [3.05, 3.63) is 34.3 Å². The van der Waals surface area contributed by atoms with Crippen molar-refractivity contribution in [2.45, 2.75) is 25.9 Å². The average Bonchev–Trinajstić information content (AvgIpc) is 2.96. The first-order chi connectivity index (χ1) is 8.15. The van der Waals surface area contributed by atoms with Gasteiger partial charge in [-0.2, -0.15) is 5.10 Å². The fourth-order valence-electron chi connectivity index (χ4n) is 1.82. The van der Waals surface area contributed by atoms with Gasteiger partial charge in [0.05, 0.1) is 19.3 Å². The van der Waals surface area contributed by atoms with Crippen molar-refractivity contribution >= 4 is 11.3 Å². The number of thiophene rings is 1. The molecule has 2 heterocycles. The quantitative estimate of drug-likeness (QED) is 0.908. The molecule has 92 valence electrons. The maximum Gasteiger partial charge on any atom is 0.161 e. The summed E-state index contributed by atoms with van der Waals surface area (Å²) in [6.07, 6.45) is 1.72. The number of methoxy groups -OCH3 is 1. The van der Waals surface area contributed by atoms with Gasteiger partial charge in [-0.15, -0.1) is 11.3 Å². The van der Waals surface area contributed by atoms with E-state index in [0.717, 1.165) is 16.3 Å². The summed E-state index contributed by atoms with van der Waals surface area (Å²) < 4.78 is 7.26. The molecule has 4 nitrogen and oxygen atoms in total. The van der Waals surface area contributed by atoms with Crippen LogP contribution in [0.15, 0.2) is 23.7 Å². The van der Waals surface area contributed by atoms with E-state index in [0.29, 0.717) is 0 Å². The molecule has 0 aliphatic carbocycles. The van der Waals surface area contributed by atoms with Crippen LogP contribution in [-0.4, -0.2) is 16.9 Å². The second-order valence-corrected chi connectivity index (χ2v) is 5.11. The van der Waals surface area contributed by atoms with Crippen molar-refractivity contribution in [3.63, 3.8) is 0 Å². The van der Waals surface area contributed by atoms with Crippen LogP contribution in [-0.2, 0) is 0 Å². The van der Waals surface area contributed by atoms with E-state index in [9.17, 15) is 0 Å². The molecule has 2 N–H and O–H groups in total. The molecule has 0 spiro atoms. The number of aromatic nitrogens is 2. The van der Waals surface area contributed by atoms with Crippen LogP contribution in [0.4, 0.5) is 0 Å². The second kappa shape index (κ2) is 4.89. The van der Waals surface area contributed by atoms with Gasteiger partial charge in [-0.25, -0.2) is 0 Å². The van der Waals surface area contributed by atoms with Crippen LogP contribution in [0.3, 0.4) is 0 Å². The molecule has 0 saturated carbocycles. The lowest BCUT2D eigenvalue weighted by molar-refractivity contribution is 0.401. The topological polar surface area (TPSA) is 53.1 Å². The van der Waals surface area contributed by atoms with Crippen molar-refractivity contribution < 1.29 is 4.74 Å². The highest BCUT2D eigenvalue weighted by Gasteiger charge is 2.22. The van der Waals surface area contributed by atoms with Crippen molar-refractivity contribution in [1.29, 1.82) is 0 Å². The number of ether oxygens (including phenoxy) is 1. The Morgan fingerprint density at radius 3 is 2.76 bits per heavy atom. The molecule has 0 saturated heterocycles. The van der Waals surface area contributed by atoms with E-state index in [1.807, 2.05) is 22.2 Å². The summed E-state index contributed by atoms with van der Waals surface area (Å²) >= 11 is 1.65. The van der Waals surface area contributed by atoms with E-state index in [1.54, 1.807) is 24.6 Å². The zero-order valence-corrected chi connectivity index (χ0v) is 11.1. The smallest absolute Gasteiger partial charge is 0.161 e. The Bertz CT molecular complexity index is 476. The monoisotopic (exact) mass is 251 g/mol. The third-order valence-electron chi connectivity index (χ3n) is 2.65. The van der Waals surface area contributed by atoms with Crippen LogP contribution in [0.2, 0.25) is 0 Å². The molecule has 2 aromatic heterocycles. The van der Waals surface area contributed by atoms with Gasteiger partial charge >= 0.3 is 0 Å². The summed E-state index contributed by atoms with van der Waals surface area (Å²) in [5, 5.41) is 6.36. The maximum atomic E-state index is 6.29. The van der Waals surface area contributed by atoms with Gasteiger partial charge in [0.2, 0.25) is 0 Å². The van der Waals surface area contributed by atoms with Crippen LogP contribution in [0, 0.1) is 0 Å². The summed E-state index contributed by atoms with van der Waals surface area (Å²) in [4.78, 5) is 1.12. The Morgan fingerprint density at radius 2 is 2.24 bits per heavy atom. The lowest BCUT2D eigenvalue weighted by atomic mass is 10.1. The summed E-state index contributed by atoms with van der Waals surface area (Å²) in [6.45, 7) is 4.16. The van der Waals surface area contributed by atoms with Crippen LogP contribution < -0.4 is 10.5 Å². The van der Waals surface area contributed by atoms with E-state index in [2.05, 4.69) is 18.9 Å². The molecule has 0 radical (unpaired) electrons. The van der Waals surface area contributed by atoms with Crippen molar-refractivity contribution in [1.82, 2.24) is 9.78 Å². The fraction of sp³-hybridized carbons (Fsp3) is 0.417. The number of rotatable bonds is 4. The number of hydrogen-bond acceptors (Lipinski definition) is 4. The first kappa shape index (κ1) is 12.1. The molecular weight excluding hydrogens is 234 g/mol. The molecule has 2 aromatic rings. The van der Waals surface area contributed by atoms with Crippen LogP contribution >= 0.6 is 11.3 Å². The van der Waals surface area contributed by atoms with E-state index in [4.69, 9.17) is 10.5 Å². The largest absolute Gasteiger partial charge is 0.493 e. The Hall–Kier alpha value is -1.33. The Morgan fingerprint density at radius 1 is 1.47 bits per heavy atom. The van der Waals surface area contributed by atoms with E-state index >= 15 is 0 Å². The zero-order chi connectivity index (χ0) is 12.4. The second-order valence-electron chi connectivity index (χ2n) is 4.13.